The summed E-state index contributed by atoms with van der Waals surface area (Å²) in [5, 5.41) is 9.60. The van der Waals surface area contributed by atoms with Crippen molar-refractivity contribution in [2.45, 2.75) is 25.0 Å². The second kappa shape index (κ2) is 4.43. The lowest BCUT2D eigenvalue weighted by molar-refractivity contribution is -0.0500. The summed E-state index contributed by atoms with van der Waals surface area (Å²) < 4.78 is 61.4. The third-order valence-corrected chi connectivity index (χ3v) is 3.03. The molecule has 0 aliphatic rings. The van der Waals surface area contributed by atoms with Gasteiger partial charge in [-0.25, -0.2) is 0 Å². The Balaban J connectivity index is 2.96. The zero-order chi connectivity index (χ0) is 14.2. The first-order valence-corrected chi connectivity index (χ1v) is 6.18. The SMILES string of the molecule is CC(C)(O)c1ccc(OS(=O)(=O)C(F)(F)F)cc1. The van der Waals surface area contributed by atoms with Gasteiger partial charge in [-0.1, -0.05) is 12.1 Å². The third-order valence-electron chi connectivity index (χ3n) is 2.05. The fourth-order valence-corrected chi connectivity index (χ4v) is 1.55. The fourth-order valence-electron chi connectivity index (χ4n) is 1.09. The molecule has 1 aromatic rings. The van der Waals surface area contributed by atoms with Crippen LogP contribution in [0, 0.1) is 0 Å². The Morgan fingerprint density at radius 1 is 1.11 bits per heavy atom. The molecule has 0 atom stereocenters. The van der Waals surface area contributed by atoms with Crippen molar-refractivity contribution in [1.82, 2.24) is 0 Å². The molecule has 102 valence electrons. The van der Waals surface area contributed by atoms with Crippen molar-refractivity contribution in [3.05, 3.63) is 29.8 Å². The van der Waals surface area contributed by atoms with Gasteiger partial charge in [0, 0.05) is 0 Å². The first kappa shape index (κ1) is 14.8. The summed E-state index contributed by atoms with van der Waals surface area (Å²) in [7, 11) is -5.66. The van der Waals surface area contributed by atoms with E-state index >= 15 is 0 Å². The Morgan fingerprint density at radius 3 is 1.89 bits per heavy atom. The van der Waals surface area contributed by atoms with E-state index < -0.39 is 27.0 Å². The first-order valence-electron chi connectivity index (χ1n) is 4.77. The molecule has 0 heterocycles. The Hall–Kier alpha value is -1.28. The molecule has 1 N–H and O–H groups in total. The summed E-state index contributed by atoms with van der Waals surface area (Å²) in [4.78, 5) is 0. The van der Waals surface area contributed by atoms with Gasteiger partial charge in [-0.3, -0.25) is 0 Å². The van der Waals surface area contributed by atoms with Gasteiger partial charge in [-0.05, 0) is 31.5 Å². The number of halogens is 3. The molecule has 0 spiro atoms. The molecule has 8 heteroatoms. The lowest BCUT2D eigenvalue weighted by atomic mass is 9.99. The standard InChI is InChI=1S/C10H11F3O4S/c1-9(2,14)7-3-5-8(6-4-7)17-18(15,16)10(11,12)13/h3-6,14H,1-2H3. The molecular weight excluding hydrogens is 273 g/mol. The number of alkyl halides is 3. The van der Waals surface area contributed by atoms with Crippen molar-refractivity contribution in [1.29, 1.82) is 0 Å². The van der Waals surface area contributed by atoms with E-state index in [1.807, 2.05) is 0 Å². The molecule has 1 rings (SSSR count). The monoisotopic (exact) mass is 284 g/mol. The van der Waals surface area contributed by atoms with Crippen LogP contribution >= 0.6 is 0 Å². The van der Waals surface area contributed by atoms with Crippen LogP contribution in [-0.2, 0) is 15.7 Å². The minimum Gasteiger partial charge on any atom is -0.386 e. The maximum atomic E-state index is 12.0. The Morgan fingerprint density at radius 2 is 1.56 bits per heavy atom. The molecular formula is C10H11F3O4S. The summed E-state index contributed by atoms with van der Waals surface area (Å²) in [6.45, 7) is 2.96. The van der Waals surface area contributed by atoms with Crippen LogP contribution in [0.3, 0.4) is 0 Å². The quantitative estimate of drug-likeness (QED) is 0.682. The number of aliphatic hydroxyl groups is 1. The smallest absolute Gasteiger partial charge is 0.386 e. The lowest BCUT2D eigenvalue weighted by Gasteiger charge is -2.18. The molecule has 0 saturated heterocycles. The van der Waals surface area contributed by atoms with Gasteiger partial charge < -0.3 is 9.29 Å². The average molecular weight is 284 g/mol. The maximum Gasteiger partial charge on any atom is 0.534 e. The molecule has 0 aliphatic heterocycles. The number of benzene rings is 1. The predicted molar refractivity (Wildman–Crippen MR) is 57.3 cm³/mol. The van der Waals surface area contributed by atoms with Crippen molar-refractivity contribution >= 4 is 10.1 Å². The summed E-state index contributed by atoms with van der Waals surface area (Å²) in [5.74, 6) is -0.472. The molecule has 0 unspecified atom stereocenters. The Kier molecular flexibility index (Phi) is 3.64. The second-order valence-corrected chi connectivity index (χ2v) is 5.60. The molecule has 1 aromatic carbocycles. The fraction of sp³-hybridized carbons (Fsp3) is 0.400. The molecule has 4 nitrogen and oxygen atoms in total. The van der Waals surface area contributed by atoms with E-state index in [0.717, 1.165) is 12.1 Å². The lowest BCUT2D eigenvalue weighted by Crippen LogP contribution is -2.28. The van der Waals surface area contributed by atoms with Crippen LogP contribution in [0.4, 0.5) is 13.2 Å². The molecule has 0 saturated carbocycles. The number of hydrogen-bond acceptors (Lipinski definition) is 4. The van der Waals surface area contributed by atoms with Crippen LogP contribution in [0.1, 0.15) is 19.4 Å². The van der Waals surface area contributed by atoms with Crippen LogP contribution < -0.4 is 4.18 Å². The van der Waals surface area contributed by atoms with Crippen LogP contribution in [0.5, 0.6) is 5.75 Å². The van der Waals surface area contributed by atoms with Crippen molar-refractivity contribution in [2.75, 3.05) is 0 Å². The first-order chi connectivity index (χ1) is 7.93. The molecule has 18 heavy (non-hydrogen) atoms. The van der Waals surface area contributed by atoms with Crippen LogP contribution in [0.25, 0.3) is 0 Å². The summed E-state index contributed by atoms with van der Waals surface area (Å²) in [6.07, 6.45) is 0. The third kappa shape index (κ3) is 3.36. The van der Waals surface area contributed by atoms with Crippen LogP contribution in [0.2, 0.25) is 0 Å². The van der Waals surface area contributed by atoms with Crippen molar-refractivity contribution < 1.29 is 30.9 Å². The van der Waals surface area contributed by atoms with Crippen molar-refractivity contribution in [3.63, 3.8) is 0 Å². The minimum absolute atomic E-state index is 0.416. The van der Waals surface area contributed by atoms with E-state index in [0.29, 0.717) is 5.56 Å². The van der Waals surface area contributed by atoms with Crippen molar-refractivity contribution in [3.8, 4) is 5.75 Å². The highest BCUT2D eigenvalue weighted by atomic mass is 32.2. The molecule has 0 fully saturated rings. The summed E-state index contributed by atoms with van der Waals surface area (Å²) in [5.41, 5.74) is -6.23. The normalized spacial score (nSPS) is 13.4. The minimum atomic E-state index is -5.66. The second-order valence-electron chi connectivity index (χ2n) is 4.07. The van der Waals surface area contributed by atoms with Gasteiger partial charge in [-0.15, -0.1) is 0 Å². The highest BCUT2D eigenvalue weighted by Crippen LogP contribution is 2.28. The van der Waals surface area contributed by atoms with Gasteiger partial charge in [-0.2, -0.15) is 21.6 Å². The molecule has 0 aliphatic carbocycles. The van der Waals surface area contributed by atoms with E-state index in [1.54, 1.807) is 0 Å². The van der Waals surface area contributed by atoms with Gasteiger partial charge in [0.15, 0.2) is 0 Å². The van der Waals surface area contributed by atoms with Gasteiger partial charge >= 0.3 is 15.6 Å². The van der Waals surface area contributed by atoms with Gasteiger partial charge in [0.25, 0.3) is 0 Å². The highest BCUT2D eigenvalue weighted by Gasteiger charge is 2.48. The van der Waals surface area contributed by atoms with E-state index in [-0.39, 0.29) is 0 Å². The number of hydrogen-bond donors (Lipinski definition) is 1. The maximum absolute atomic E-state index is 12.0. The van der Waals surface area contributed by atoms with E-state index in [1.165, 1.54) is 26.0 Å². The molecule has 0 bridgehead atoms. The summed E-state index contributed by atoms with van der Waals surface area (Å²) >= 11 is 0. The summed E-state index contributed by atoms with van der Waals surface area (Å²) in [6, 6.07) is 4.63. The highest BCUT2D eigenvalue weighted by molar-refractivity contribution is 7.87. The Bertz CT molecular complexity index is 512. The van der Waals surface area contributed by atoms with Crippen LogP contribution in [-0.4, -0.2) is 19.0 Å². The van der Waals surface area contributed by atoms with E-state index in [2.05, 4.69) is 4.18 Å². The van der Waals surface area contributed by atoms with Gasteiger partial charge in [0.2, 0.25) is 0 Å². The zero-order valence-electron chi connectivity index (χ0n) is 9.52. The molecule has 0 aromatic heterocycles. The molecule has 0 amide bonds. The predicted octanol–water partition coefficient (Wildman–Crippen LogP) is 2.14. The van der Waals surface area contributed by atoms with E-state index in [9.17, 15) is 26.7 Å². The number of rotatable bonds is 3. The zero-order valence-corrected chi connectivity index (χ0v) is 10.3. The van der Waals surface area contributed by atoms with Gasteiger partial charge in [0.1, 0.15) is 5.75 Å². The molecule has 0 radical (unpaired) electrons. The average Bonchev–Trinajstić information content (AvgIpc) is 2.14. The van der Waals surface area contributed by atoms with Crippen LogP contribution in [0.15, 0.2) is 24.3 Å². The van der Waals surface area contributed by atoms with Gasteiger partial charge in [0.05, 0.1) is 5.60 Å². The topological polar surface area (TPSA) is 63.6 Å². The van der Waals surface area contributed by atoms with E-state index in [4.69, 9.17) is 0 Å². The van der Waals surface area contributed by atoms with Crippen molar-refractivity contribution in [2.24, 2.45) is 0 Å². The Labute approximate surface area is 102 Å². The largest absolute Gasteiger partial charge is 0.534 e.